The van der Waals surface area contributed by atoms with Crippen molar-refractivity contribution in [2.45, 2.75) is 5.75 Å². The molecule has 3 nitrogen and oxygen atoms in total. The lowest BCUT2D eigenvalue weighted by atomic mass is 10.2. The Morgan fingerprint density at radius 2 is 2.05 bits per heavy atom. The van der Waals surface area contributed by atoms with E-state index in [2.05, 4.69) is 27.3 Å². The van der Waals surface area contributed by atoms with E-state index in [0.717, 1.165) is 15.7 Å². The predicted molar refractivity (Wildman–Crippen MR) is 90.1 cm³/mol. The van der Waals surface area contributed by atoms with E-state index in [0.29, 0.717) is 17.1 Å². The maximum atomic E-state index is 11.9. The van der Waals surface area contributed by atoms with E-state index in [9.17, 15) is 4.79 Å². The van der Waals surface area contributed by atoms with Crippen molar-refractivity contribution in [3.05, 3.63) is 64.1 Å². The number of carbonyl (C=O) groups excluding carboxylic acids is 1. The molecule has 0 aliphatic carbocycles. The molecule has 0 atom stereocenters. The Hall–Kier alpha value is -1.77. The van der Waals surface area contributed by atoms with Crippen LogP contribution in [-0.2, 0) is 10.5 Å². The van der Waals surface area contributed by atoms with Crippen molar-refractivity contribution in [3.8, 4) is 6.07 Å². The van der Waals surface area contributed by atoms with Crippen LogP contribution in [0.2, 0.25) is 0 Å². The van der Waals surface area contributed by atoms with Crippen LogP contribution in [0.5, 0.6) is 0 Å². The van der Waals surface area contributed by atoms with Gasteiger partial charge in [0, 0.05) is 10.2 Å². The lowest BCUT2D eigenvalue weighted by molar-refractivity contribution is -0.113. The Morgan fingerprint density at radius 3 is 2.81 bits per heavy atom. The molecule has 1 N–H and O–H groups in total. The van der Waals surface area contributed by atoms with E-state index in [1.165, 1.54) is 11.8 Å². The number of nitriles is 1. The maximum absolute atomic E-state index is 11.9. The molecular weight excluding hydrogens is 348 g/mol. The summed E-state index contributed by atoms with van der Waals surface area (Å²) in [5, 5.41) is 11.7. The van der Waals surface area contributed by atoms with Crippen molar-refractivity contribution in [2.75, 3.05) is 11.1 Å². The fraction of sp³-hybridized carbons (Fsp3) is 0.125. The molecule has 0 spiro atoms. The van der Waals surface area contributed by atoms with Gasteiger partial charge in [-0.2, -0.15) is 5.26 Å². The largest absolute Gasteiger partial charge is 0.324 e. The maximum Gasteiger partial charge on any atom is 0.234 e. The summed E-state index contributed by atoms with van der Waals surface area (Å²) in [5.41, 5.74) is 2.47. The number of hydrogen-bond acceptors (Lipinski definition) is 3. The topological polar surface area (TPSA) is 52.9 Å². The van der Waals surface area contributed by atoms with E-state index in [-0.39, 0.29) is 5.91 Å². The van der Waals surface area contributed by atoms with E-state index >= 15 is 0 Å². The summed E-state index contributed by atoms with van der Waals surface area (Å²) in [6.45, 7) is 0. The average Bonchev–Trinajstić information content (AvgIpc) is 2.50. The smallest absolute Gasteiger partial charge is 0.234 e. The van der Waals surface area contributed by atoms with Gasteiger partial charge < -0.3 is 5.32 Å². The van der Waals surface area contributed by atoms with Crippen molar-refractivity contribution in [2.24, 2.45) is 0 Å². The standard InChI is InChI=1S/C16H13BrN2OS/c17-14-6-1-2-7-15(14)19-16(20)11-21-10-13-5-3-4-12(8-13)9-18/h1-8H,10-11H2,(H,19,20). The van der Waals surface area contributed by atoms with Gasteiger partial charge in [-0.1, -0.05) is 24.3 Å². The van der Waals surface area contributed by atoms with Crippen LogP contribution < -0.4 is 5.32 Å². The van der Waals surface area contributed by atoms with Crippen molar-refractivity contribution < 1.29 is 4.79 Å². The molecule has 2 rings (SSSR count). The number of hydrogen-bond donors (Lipinski definition) is 1. The molecule has 0 fully saturated rings. The van der Waals surface area contributed by atoms with E-state index in [1.807, 2.05) is 42.5 Å². The summed E-state index contributed by atoms with van der Waals surface area (Å²) in [6.07, 6.45) is 0. The average molecular weight is 361 g/mol. The molecule has 2 aromatic carbocycles. The SMILES string of the molecule is N#Cc1cccc(CSCC(=O)Nc2ccccc2Br)c1. The number of anilines is 1. The van der Waals surface area contributed by atoms with Gasteiger partial charge in [0.1, 0.15) is 0 Å². The fourth-order valence-electron chi connectivity index (χ4n) is 1.74. The molecule has 0 saturated heterocycles. The molecule has 0 aliphatic rings. The van der Waals surface area contributed by atoms with Crippen LogP contribution in [0.3, 0.4) is 0 Å². The molecule has 0 aliphatic heterocycles. The number of thioether (sulfide) groups is 1. The van der Waals surface area contributed by atoms with Crippen LogP contribution in [0.25, 0.3) is 0 Å². The molecule has 5 heteroatoms. The number of nitrogens with zero attached hydrogens (tertiary/aromatic N) is 1. The number of para-hydroxylation sites is 1. The minimum absolute atomic E-state index is 0.0386. The van der Waals surface area contributed by atoms with Crippen LogP contribution in [-0.4, -0.2) is 11.7 Å². The molecule has 0 unspecified atom stereocenters. The Balaban J connectivity index is 1.82. The molecule has 0 radical (unpaired) electrons. The Kier molecular flexibility index (Phi) is 5.85. The highest BCUT2D eigenvalue weighted by Crippen LogP contribution is 2.21. The third-order valence-corrected chi connectivity index (χ3v) is 4.40. The van der Waals surface area contributed by atoms with Crippen LogP contribution in [0.15, 0.2) is 53.0 Å². The highest BCUT2D eigenvalue weighted by Gasteiger charge is 2.05. The van der Waals surface area contributed by atoms with E-state index < -0.39 is 0 Å². The van der Waals surface area contributed by atoms with Crippen molar-refractivity contribution in [3.63, 3.8) is 0 Å². The molecule has 0 bridgehead atoms. The zero-order chi connectivity index (χ0) is 15.1. The fourth-order valence-corrected chi connectivity index (χ4v) is 2.90. The first kappa shape index (κ1) is 15.6. The highest BCUT2D eigenvalue weighted by atomic mass is 79.9. The van der Waals surface area contributed by atoms with Crippen LogP contribution in [0.4, 0.5) is 5.69 Å². The predicted octanol–water partition coefficient (Wildman–Crippen LogP) is 4.19. The van der Waals surface area contributed by atoms with Gasteiger partial charge in [0.05, 0.1) is 23.1 Å². The summed E-state index contributed by atoms with van der Waals surface area (Å²) < 4.78 is 0.866. The van der Waals surface area contributed by atoms with Gasteiger partial charge >= 0.3 is 0 Å². The normalized spacial score (nSPS) is 9.90. The number of amides is 1. The van der Waals surface area contributed by atoms with E-state index in [1.54, 1.807) is 6.07 Å². The number of halogens is 1. The summed E-state index contributed by atoms with van der Waals surface area (Å²) in [7, 11) is 0. The molecule has 21 heavy (non-hydrogen) atoms. The zero-order valence-corrected chi connectivity index (χ0v) is 13.6. The lowest BCUT2D eigenvalue weighted by Gasteiger charge is -2.07. The molecule has 106 valence electrons. The van der Waals surface area contributed by atoms with Gasteiger partial charge in [0.2, 0.25) is 5.91 Å². The first-order chi connectivity index (χ1) is 10.2. The van der Waals surface area contributed by atoms with Gasteiger partial charge in [-0.25, -0.2) is 0 Å². The minimum Gasteiger partial charge on any atom is -0.324 e. The first-order valence-electron chi connectivity index (χ1n) is 6.30. The monoisotopic (exact) mass is 360 g/mol. The lowest BCUT2D eigenvalue weighted by Crippen LogP contribution is -2.14. The van der Waals surface area contributed by atoms with Gasteiger partial charge in [0.25, 0.3) is 0 Å². The highest BCUT2D eigenvalue weighted by molar-refractivity contribution is 9.10. The van der Waals surface area contributed by atoms with Crippen LogP contribution in [0, 0.1) is 11.3 Å². The summed E-state index contributed by atoms with van der Waals surface area (Å²) in [4.78, 5) is 11.9. The van der Waals surface area contributed by atoms with Gasteiger partial charge in [-0.15, -0.1) is 11.8 Å². The van der Waals surface area contributed by atoms with Gasteiger partial charge in [-0.05, 0) is 45.8 Å². The molecule has 2 aromatic rings. The Morgan fingerprint density at radius 1 is 1.24 bits per heavy atom. The van der Waals surface area contributed by atoms with E-state index in [4.69, 9.17) is 5.26 Å². The third-order valence-electron chi connectivity index (χ3n) is 2.71. The third kappa shape index (κ3) is 4.92. The molecule has 0 aromatic heterocycles. The van der Waals surface area contributed by atoms with Gasteiger partial charge in [-0.3, -0.25) is 4.79 Å². The molecular formula is C16H13BrN2OS. The number of benzene rings is 2. The molecule has 0 heterocycles. The van der Waals surface area contributed by atoms with Crippen LogP contribution in [0.1, 0.15) is 11.1 Å². The summed E-state index contributed by atoms with van der Waals surface area (Å²) in [6, 6.07) is 17.1. The second kappa shape index (κ2) is 7.87. The minimum atomic E-state index is -0.0386. The van der Waals surface area contributed by atoms with Gasteiger partial charge in [0.15, 0.2) is 0 Å². The number of nitrogens with one attached hydrogen (secondary N) is 1. The number of carbonyl (C=O) groups is 1. The second-order valence-corrected chi connectivity index (χ2v) is 6.17. The summed E-state index contributed by atoms with van der Waals surface area (Å²) >= 11 is 4.92. The van der Waals surface area contributed by atoms with Crippen LogP contribution >= 0.6 is 27.7 Å². The quantitative estimate of drug-likeness (QED) is 0.869. The van der Waals surface area contributed by atoms with Crippen molar-refractivity contribution >= 4 is 39.3 Å². The first-order valence-corrected chi connectivity index (χ1v) is 8.25. The summed E-state index contributed by atoms with van der Waals surface area (Å²) in [5.74, 6) is 1.04. The second-order valence-electron chi connectivity index (χ2n) is 4.33. The number of rotatable bonds is 5. The van der Waals surface area contributed by atoms with Crippen molar-refractivity contribution in [1.29, 1.82) is 5.26 Å². The van der Waals surface area contributed by atoms with Crippen molar-refractivity contribution in [1.82, 2.24) is 0 Å². The Bertz CT molecular complexity index is 682. The molecule has 0 saturated carbocycles. The Labute approximate surface area is 136 Å². The zero-order valence-electron chi connectivity index (χ0n) is 11.2. The molecule has 1 amide bonds.